The van der Waals surface area contributed by atoms with Crippen LogP contribution in [0.5, 0.6) is 0 Å². The first kappa shape index (κ1) is 15.9. The van der Waals surface area contributed by atoms with E-state index in [9.17, 15) is 13.2 Å². The zero-order valence-corrected chi connectivity index (χ0v) is 12.4. The molecule has 0 bridgehead atoms. The highest BCUT2D eigenvalue weighted by molar-refractivity contribution is 7.89. The minimum Gasteiger partial charge on any atom is -0.480 e. The second-order valence-corrected chi connectivity index (χ2v) is 6.71. The molecule has 0 aromatic carbocycles. The van der Waals surface area contributed by atoms with Gasteiger partial charge in [-0.15, -0.1) is 0 Å². The maximum absolute atomic E-state index is 12.0. The van der Waals surface area contributed by atoms with Gasteiger partial charge in [-0.2, -0.15) is 5.10 Å². The molecule has 1 aromatic heterocycles. The fourth-order valence-corrected chi connectivity index (χ4v) is 3.18. The maximum Gasteiger partial charge on any atom is 0.325 e. The van der Waals surface area contributed by atoms with Crippen LogP contribution in [0.15, 0.2) is 17.3 Å². The van der Waals surface area contributed by atoms with Crippen molar-refractivity contribution >= 4 is 16.0 Å². The van der Waals surface area contributed by atoms with Gasteiger partial charge in [0.2, 0.25) is 10.0 Å². The summed E-state index contributed by atoms with van der Waals surface area (Å²) in [6.45, 7) is 0.655. The van der Waals surface area contributed by atoms with Gasteiger partial charge < -0.3 is 9.84 Å². The topological polar surface area (TPSA) is 111 Å². The Kier molecular flexibility index (Phi) is 5.32. The summed E-state index contributed by atoms with van der Waals surface area (Å²) < 4.78 is 33.1. The van der Waals surface area contributed by atoms with Crippen LogP contribution in [0.2, 0.25) is 0 Å². The molecule has 0 saturated carbocycles. The molecule has 1 saturated heterocycles. The molecule has 0 amide bonds. The van der Waals surface area contributed by atoms with E-state index < -0.39 is 16.0 Å². The fraction of sp³-hybridized carbons (Fsp3) is 0.667. The fourth-order valence-electron chi connectivity index (χ4n) is 2.18. The lowest BCUT2D eigenvalue weighted by Crippen LogP contribution is -2.29. The SMILES string of the molecule is O=C(O)Cn1cc(S(=O)(=O)NCCC2CCCCO2)cn1. The van der Waals surface area contributed by atoms with E-state index in [-0.39, 0.29) is 24.1 Å². The van der Waals surface area contributed by atoms with Crippen molar-refractivity contribution in [2.75, 3.05) is 13.2 Å². The molecule has 1 unspecified atom stereocenters. The summed E-state index contributed by atoms with van der Waals surface area (Å²) in [7, 11) is -3.66. The first-order chi connectivity index (χ1) is 9.97. The van der Waals surface area contributed by atoms with Crippen molar-refractivity contribution in [3.63, 3.8) is 0 Å². The van der Waals surface area contributed by atoms with Gasteiger partial charge >= 0.3 is 5.97 Å². The zero-order valence-electron chi connectivity index (χ0n) is 11.6. The summed E-state index contributed by atoms with van der Waals surface area (Å²) in [5.41, 5.74) is 0. The van der Waals surface area contributed by atoms with E-state index in [0.717, 1.165) is 36.7 Å². The molecule has 118 valence electrons. The van der Waals surface area contributed by atoms with Crippen LogP contribution in [0, 0.1) is 0 Å². The van der Waals surface area contributed by atoms with Crippen LogP contribution < -0.4 is 4.72 Å². The summed E-state index contributed by atoms with van der Waals surface area (Å²) in [5.74, 6) is -1.08. The van der Waals surface area contributed by atoms with Gasteiger partial charge in [0.1, 0.15) is 11.4 Å². The highest BCUT2D eigenvalue weighted by Gasteiger charge is 2.19. The molecule has 1 aliphatic heterocycles. The van der Waals surface area contributed by atoms with Crippen LogP contribution in [0.3, 0.4) is 0 Å². The van der Waals surface area contributed by atoms with E-state index >= 15 is 0 Å². The van der Waals surface area contributed by atoms with E-state index in [0.29, 0.717) is 6.42 Å². The Morgan fingerprint density at radius 2 is 2.33 bits per heavy atom. The third-order valence-electron chi connectivity index (χ3n) is 3.25. The standard InChI is InChI=1S/C12H19N3O5S/c16-12(17)9-15-8-11(7-13-15)21(18,19)14-5-4-10-3-1-2-6-20-10/h7-8,10,14H,1-6,9H2,(H,16,17). The molecular formula is C12H19N3O5S. The van der Waals surface area contributed by atoms with E-state index in [4.69, 9.17) is 9.84 Å². The van der Waals surface area contributed by atoms with Crippen LogP contribution in [0.1, 0.15) is 25.7 Å². The third-order valence-corrected chi connectivity index (χ3v) is 4.67. The second-order valence-electron chi connectivity index (χ2n) is 4.94. The molecule has 9 heteroatoms. The molecule has 1 atom stereocenters. The second kappa shape index (κ2) is 7.01. The number of carboxylic acids is 1. The molecule has 2 heterocycles. The summed E-state index contributed by atoms with van der Waals surface area (Å²) in [5, 5.41) is 12.3. The van der Waals surface area contributed by atoms with Crippen molar-refractivity contribution in [2.24, 2.45) is 0 Å². The van der Waals surface area contributed by atoms with Gasteiger partial charge in [0, 0.05) is 19.3 Å². The lowest BCUT2D eigenvalue weighted by atomic mass is 10.1. The molecule has 1 fully saturated rings. The predicted molar refractivity (Wildman–Crippen MR) is 73.3 cm³/mol. The Balaban J connectivity index is 1.85. The minimum absolute atomic E-state index is 0.0340. The molecular weight excluding hydrogens is 298 g/mol. The first-order valence-corrected chi connectivity index (χ1v) is 8.31. The van der Waals surface area contributed by atoms with Crippen LogP contribution in [-0.4, -0.2) is 48.5 Å². The number of ether oxygens (including phenoxy) is 1. The van der Waals surface area contributed by atoms with E-state index in [2.05, 4.69) is 9.82 Å². The quantitative estimate of drug-likeness (QED) is 0.743. The molecule has 0 radical (unpaired) electrons. The lowest BCUT2D eigenvalue weighted by Gasteiger charge is -2.22. The largest absolute Gasteiger partial charge is 0.480 e. The molecule has 2 N–H and O–H groups in total. The zero-order chi connectivity index (χ0) is 15.3. The molecule has 0 spiro atoms. The van der Waals surface area contributed by atoms with E-state index in [1.165, 1.54) is 6.20 Å². The van der Waals surface area contributed by atoms with Crippen molar-refractivity contribution in [3.05, 3.63) is 12.4 Å². The third kappa shape index (κ3) is 4.80. The van der Waals surface area contributed by atoms with E-state index in [1.807, 2.05) is 0 Å². The molecule has 8 nitrogen and oxygen atoms in total. The average molecular weight is 317 g/mol. The number of nitrogens with one attached hydrogen (secondary N) is 1. The monoisotopic (exact) mass is 317 g/mol. The molecule has 0 aliphatic carbocycles. The van der Waals surface area contributed by atoms with Gasteiger partial charge in [0.15, 0.2) is 0 Å². The first-order valence-electron chi connectivity index (χ1n) is 6.83. The number of rotatable bonds is 7. The number of carboxylic acid groups (broad SMARTS) is 1. The Morgan fingerprint density at radius 1 is 1.52 bits per heavy atom. The van der Waals surface area contributed by atoms with Gasteiger partial charge in [0.05, 0.1) is 12.3 Å². The van der Waals surface area contributed by atoms with E-state index in [1.54, 1.807) is 0 Å². The number of hydrogen-bond donors (Lipinski definition) is 2. The summed E-state index contributed by atoms with van der Waals surface area (Å²) >= 11 is 0. The van der Waals surface area contributed by atoms with Crippen LogP contribution in [0.4, 0.5) is 0 Å². The van der Waals surface area contributed by atoms with Crippen molar-refractivity contribution < 1.29 is 23.1 Å². The molecule has 21 heavy (non-hydrogen) atoms. The number of hydrogen-bond acceptors (Lipinski definition) is 5. The smallest absolute Gasteiger partial charge is 0.325 e. The highest BCUT2D eigenvalue weighted by atomic mass is 32.2. The average Bonchev–Trinajstić information content (AvgIpc) is 2.88. The predicted octanol–water partition coefficient (Wildman–Crippen LogP) is 0.205. The molecule has 2 rings (SSSR count). The number of aliphatic carboxylic acids is 1. The normalized spacial score (nSPS) is 19.5. The van der Waals surface area contributed by atoms with Crippen molar-refractivity contribution in [1.82, 2.24) is 14.5 Å². The van der Waals surface area contributed by atoms with Crippen LogP contribution in [-0.2, 0) is 26.1 Å². The van der Waals surface area contributed by atoms with Crippen molar-refractivity contribution in [1.29, 1.82) is 0 Å². The van der Waals surface area contributed by atoms with Crippen molar-refractivity contribution in [3.8, 4) is 0 Å². The van der Waals surface area contributed by atoms with Crippen LogP contribution >= 0.6 is 0 Å². The minimum atomic E-state index is -3.66. The summed E-state index contributed by atoms with van der Waals surface area (Å²) in [4.78, 5) is 10.5. The maximum atomic E-state index is 12.0. The summed E-state index contributed by atoms with van der Waals surface area (Å²) in [6.07, 6.45) is 6.21. The number of sulfonamides is 1. The molecule has 1 aliphatic rings. The lowest BCUT2D eigenvalue weighted by molar-refractivity contribution is -0.137. The van der Waals surface area contributed by atoms with Gasteiger partial charge in [-0.05, 0) is 25.7 Å². The van der Waals surface area contributed by atoms with Crippen molar-refractivity contribution in [2.45, 2.75) is 43.2 Å². The van der Waals surface area contributed by atoms with Gasteiger partial charge in [0.25, 0.3) is 0 Å². The Hall–Kier alpha value is -1.45. The Labute approximate surface area is 123 Å². The molecule has 1 aromatic rings. The number of carbonyl (C=O) groups is 1. The van der Waals surface area contributed by atoms with Gasteiger partial charge in [-0.3, -0.25) is 9.48 Å². The van der Waals surface area contributed by atoms with Gasteiger partial charge in [-0.25, -0.2) is 13.1 Å². The Bertz CT molecular complexity index is 577. The van der Waals surface area contributed by atoms with Crippen LogP contribution in [0.25, 0.3) is 0 Å². The number of aromatic nitrogens is 2. The summed E-state index contributed by atoms with van der Waals surface area (Å²) in [6, 6.07) is 0. The van der Waals surface area contributed by atoms with Gasteiger partial charge in [-0.1, -0.05) is 0 Å². The Morgan fingerprint density at radius 3 is 3.00 bits per heavy atom. The number of nitrogens with zero attached hydrogens (tertiary/aromatic N) is 2. The highest BCUT2D eigenvalue weighted by Crippen LogP contribution is 2.15.